The molecule has 0 aromatic heterocycles. The minimum Gasteiger partial charge on any atom is -0.368 e. The first-order valence-corrected chi connectivity index (χ1v) is 12.1. The average molecular weight is 441 g/mol. The van der Waals surface area contributed by atoms with Crippen LogP contribution >= 0.6 is 0 Å². The van der Waals surface area contributed by atoms with E-state index in [4.69, 9.17) is 0 Å². The predicted octanol–water partition coefficient (Wildman–Crippen LogP) is 3.34. The Balaban J connectivity index is 1.28. The number of benzene rings is 2. The molecule has 7 nitrogen and oxygen atoms in total. The molecule has 2 heterocycles. The molecule has 1 saturated heterocycles. The number of sulfonamides is 1. The molecule has 2 aromatic rings. The van der Waals surface area contributed by atoms with E-state index >= 15 is 0 Å². The van der Waals surface area contributed by atoms with E-state index in [1.807, 2.05) is 4.90 Å². The molecular weight excluding hydrogens is 412 g/mol. The average Bonchev–Trinajstić information content (AvgIpc) is 2.75. The van der Waals surface area contributed by atoms with Gasteiger partial charge < -0.3 is 15.1 Å². The molecule has 0 saturated carbocycles. The molecule has 164 valence electrons. The standard InChI is InChI=1S/C23H28N4O3S/c1-17-10-11-18(2)20(16-17)26-12-14-27(15-13-26)23(28)9-5-8-22-24-19-6-3-4-7-21(19)31(29,30)25-22/h3-4,6-7,10-11,16H,5,8-9,12-15H2,1-2H3,(H,24,25). The van der Waals surface area contributed by atoms with E-state index in [9.17, 15) is 13.2 Å². The molecule has 0 aliphatic carbocycles. The van der Waals surface area contributed by atoms with Gasteiger partial charge in [0.25, 0.3) is 10.0 Å². The number of nitrogens with one attached hydrogen (secondary N) is 1. The minimum absolute atomic E-state index is 0.111. The fraction of sp³-hybridized carbons (Fsp3) is 0.391. The Bertz CT molecular complexity index is 1120. The number of carbonyl (C=O) groups is 1. The third kappa shape index (κ3) is 4.74. The van der Waals surface area contributed by atoms with Gasteiger partial charge >= 0.3 is 0 Å². The lowest BCUT2D eigenvalue weighted by Crippen LogP contribution is -2.49. The highest BCUT2D eigenvalue weighted by Gasteiger charge is 2.25. The summed E-state index contributed by atoms with van der Waals surface area (Å²) >= 11 is 0. The van der Waals surface area contributed by atoms with Crippen molar-refractivity contribution in [2.45, 2.75) is 38.0 Å². The summed E-state index contributed by atoms with van der Waals surface area (Å²) in [5.41, 5.74) is 4.28. The van der Waals surface area contributed by atoms with Gasteiger partial charge in [0.1, 0.15) is 10.7 Å². The van der Waals surface area contributed by atoms with Crippen LogP contribution in [-0.2, 0) is 14.8 Å². The van der Waals surface area contributed by atoms with E-state index in [0.29, 0.717) is 43.9 Å². The van der Waals surface area contributed by atoms with E-state index in [1.165, 1.54) is 16.8 Å². The lowest BCUT2D eigenvalue weighted by atomic mass is 10.1. The van der Waals surface area contributed by atoms with Crippen molar-refractivity contribution in [3.05, 3.63) is 53.6 Å². The van der Waals surface area contributed by atoms with Crippen molar-refractivity contribution in [2.75, 3.05) is 36.4 Å². The van der Waals surface area contributed by atoms with Crippen molar-refractivity contribution in [2.24, 2.45) is 4.40 Å². The maximum Gasteiger partial charge on any atom is 0.286 e. The zero-order chi connectivity index (χ0) is 22.0. The van der Waals surface area contributed by atoms with Crippen molar-refractivity contribution < 1.29 is 13.2 Å². The largest absolute Gasteiger partial charge is 0.368 e. The number of piperazine rings is 1. The molecule has 2 aliphatic heterocycles. The van der Waals surface area contributed by atoms with Crippen LogP contribution in [0.2, 0.25) is 0 Å². The normalized spacial score (nSPS) is 17.5. The molecule has 31 heavy (non-hydrogen) atoms. The second-order valence-corrected chi connectivity index (χ2v) is 9.72. The van der Waals surface area contributed by atoms with Gasteiger partial charge in [-0.25, -0.2) is 0 Å². The number of rotatable bonds is 5. The monoisotopic (exact) mass is 440 g/mol. The Hall–Kier alpha value is -2.87. The third-order valence-corrected chi connectivity index (χ3v) is 7.19. The smallest absolute Gasteiger partial charge is 0.286 e. The fourth-order valence-electron chi connectivity index (χ4n) is 4.10. The first-order valence-electron chi connectivity index (χ1n) is 10.6. The molecule has 2 aromatic carbocycles. The highest BCUT2D eigenvalue weighted by atomic mass is 32.2. The van der Waals surface area contributed by atoms with Crippen molar-refractivity contribution in [1.82, 2.24) is 4.90 Å². The number of aryl methyl sites for hydroxylation is 2. The Morgan fingerprint density at radius 2 is 1.81 bits per heavy atom. The van der Waals surface area contributed by atoms with Crippen LogP contribution in [0.3, 0.4) is 0 Å². The summed E-state index contributed by atoms with van der Waals surface area (Å²) in [7, 11) is -3.68. The van der Waals surface area contributed by atoms with Crippen LogP contribution in [0.15, 0.2) is 51.8 Å². The van der Waals surface area contributed by atoms with Gasteiger partial charge in [-0.15, -0.1) is 4.40 Å². The van der Waals surface area contributed by atoms with E-state index in [1.54, 1.807) is 24.3 Å². The van der Waals surface area contributed by atoms with Crippen LogP contribution in [0.5, 0.6) is 0 Å². The Morgan fingerprint density at radius 1 is 1.06 bits per heavy atom. The maximum absolute atomic E-state index is 12.7. The third-order valence-electron chi connectivity index (χ3n) is 5.82. The molecule has 1 amide bonds. The highest BCUT2D eigenvalue weighted by molar-refractivity contribution is 7.90. The number of hydrogen-bond donors (Lipinski definition) is 1. The minimum atomic E-state index is -3.68. The van der Waals surface area contributed by atoms with Crippen molar-refractivity contribution in [3.8, 4) is 0 Å². The Morgan fingerprint density at radius 3 is 2.58 bits per heavy atom. The van der Waals surface area contributed by atoms with Crippen LogP contribution in [0, 0.1) is 13.8 Å². The highest BCUT2D eigenvalue weighted by Crippen LogP contribution is 2.27. The van der Waals surface area contributed by atoms with Gasteiger partial charge in [0.2, 0.25) is 5.91 Å². The van der Waals surface area contributed by atoms with Crippen LogP contribution in [0.25, 0.3) is 0 Å². The van der Waals surface area contributed by atoms with Gasteiger partial charge in [-0.05, 0) is 49.6 Å². The molecule has 4 rings (SSSR count). The number of anilines is 2. The second kappa shape index (κ2) is 8.70. The van der Waals surface area contributed by atoms with Crippen LogP contribution in [-0.4, -0.2) is 51.2 Å². The van der Waals surface area contributed by atoms with E-state index in [-0.39, 0.29) is 10.8 Å². The molecule has 1 fully saturated rings. The molecule has 2 aliphatic rings. The molecule has 0 radical (unpaired) electrons. The van der Waals surface area contributed by atoms with Gasteiger partial charge in [-0.2, -0.15) is 8.42 Å². The number of amides is 1. The molecule has 8 heteroatoms. The van der Waals surface area contributed by atoms with E-state index in [2.05, 4.69) is 46.7 Å². The number of carbonyl (C=O) groups excluding carboxylic acids is 1. The maximum atomic E-state index is 12.7. The van der Waals surface area contributed by atoms with Crippen molar-refractivity contribution in [1.29, 1.82) is 0 Å². The lowest BCUT2D eigenvalue weighted by Gasteiger charge is -2.37. The van der Waals surface area contributed by atoms with Gasteiger partial charge in [0.15, 0.2) is 0 Å². The summed E-state index contributed by atoms with van der Waals surface area (Å²) in [5.74, 6) is 0.506. The summed E-state index contributed by atoms with van der Waals surface area (Å²) in [6, 6.07) is 13.2. The van der Waals surface area contributed by atoms with Gasteiger partial charge in [-0.3, -0.25) is 4.79 Å². The van der Waals surface area contributed by atoms with Crippen LogP contribution in [0.1, 0.15) is 30.4 Å². The van der Waals surface area contributed by atoms with Gasteiger partial charge in [0.05, 0.1) is 5.69 Å². The van der Waals surface area contributed by atoms with Crippen molar-refractivity contribution >= 4 is 33.1 Å². The second-order valence-electron chi connectivity index (χ2n) is 8.15. The molecule has 0 bridgehead atoms. The first-order chi connectivity index (χ1) is 14.8. The number of amidine groups is 1. The topological polar surface area (TPSA) is 82.1 Å². The summed E-state index contributed by atoms with van der Waals surface area (Å²) in [4.78, 5) is 17.1. The summed E-state index contributed by atoms with van der Waals surface area (Å²) in [6.45, 7) is 7.25. The van der Waals surface area contributed by atoms with Crippen molar-refractivity contribution in [3.63, 3.8) is 0 Å². The molecular formula is C23H28N4O3S. The Labute approximate surface area is 183 Å². The SMILES string of the molecule is Cc1ccc(C)c(N2CCN(C(=O)CCCC3=NS(=O)(=O)c4ccccc4N3)CC2)c1. The summed E-state index contributed by atoms with van der Waals surface area (Å²) in [5, 5.41) is 3.08. The fourth-order valence-corrected chi connectivity index (χ4v) is 5.27. The quantitative estimate of drug-likeness (QED) is 0.771. The van der Waals surface area contributed by atoms with E-state index < -0.39 is 10.0 Å². The number of para-hydroxylation sites is 1. The van der Waals surface area contributed by atoms with Gasteiger partial charge in [-0.1, -0.05) is 24.3 Å². The van der Waals surface area contributed by atoms with Crippen LogP contribution in [0.4, 0.5) is 11.4 Å². The zero-order valence-corrected chi connectivity index (χ0v) is 18.8. The Kier molecular flexibility index (Phi) is 6.00. The zero-order valence-electron chi connectivity index (χ0n) is 18.0. The molecule has 0 atom stereocenters. The number of fused-ring (bicyclic) bond motifs is 1. The number of hydrogen-bond acceptors (Lipinski definition) is 5. The predicted molar refractivity (Wildman–Crippen MR) is 123 cm³/mol. The van der Waals surface area contributed by atoms with Gasteiger partial charge in [0, 0.05) is 44.7 Å². The molecule has 1 N–H and O–H groups in total. The number of nitrogens with zero attached hydrogens (tertiary/aromatic N) is 3. The van der Waals surface area contributed by atoms with Crippen LogP contribution < -0.4 is 10.2 Å². The van der Waals surface area contributed by atoms with E-state index in [0.717, 1.165) is 13.1 Å². The summed E-state index contributed by atoms with van der Waals surface area (Å²) < 4.78 is 28.5. The lowest BCUT2D eigenvalue weighted by molar-refractivity contribution is -0.131. The molecule has 0 unspecified atom stereocenters. The first kappa shape index (κ1) is 21.4. The molecule has 0 spiro atoms. The summed E-state index contributed by atoms with van der Waals surface area (Å²) in [6.07, 6.45) is 1.35.